The molecule has 1 aromatic rings. The van der Waals surface area contributed by atoms with E-state index in [1.54, 1.807) is 5.56 Å². The van der Waals surface area contributed by atoms with E-state index in [-0.39, 0.29) is 0 Å². The van der Waals surface area contributed by atoms with Crippen molar-refractivity contribution in [2.75, 3.05) is 4.90 Å². The third-order valence-corrected chi connectivity index (χ3v) is 4.11. The predicted octanol–water partition coefficient (Wildman–Crippen LogP) is 3.38. The van der Waals surface area contributed by atoms with Crippen LogP contribution in [0.3, 0.4) is 0 Å². The van der Waals surface area contributed by atoms with Crippen LogP contribution in [0.25, 0.3) is 0 Å². The zero-order valence-corrected chi connectivity index (χ0v) is 9.45. The standard InChI is InChI=1S/C14H19N/c1-2-12-9-10-13-8-7-11-5-3-4-6-14(11)15(12)13/h3-6,12-13H,2,7-10H2,1H3/t12-,13-/m1/s1. The van der Waals surface area contributed by atoms with E-state index in [1.807, 2.05) is 0 Å². The Bertz CT molecular complexity index is 358. The van der Waals surface area contributed by atoms with Gasteiger partial charge in [-0.25, -0.2) is 0 Å². The van der Waals surface area contributed by atoms with Gasteiger partial charge in [0.25, 0.3) is 0 Å². The highest BCUT2D eigenvalue weighted by Crippen LogP contribution is 2.39. The second-order valence-electron chi connectivity index (χ2n) is 4.87. The summed E-state index contributed by atoms with van der Waals surface area (Å²) >= 11 is 0. The van der Waals surface area contributed by atoms with Gasteiger partial charge in [-0.3, -0.25) is 0 Å². The van der Waals surface area contributed by atoms with Crippen molar-refractivity contribution in [3.8, 4) is 0 Å². The first-order valence-electron chi connectivity index (χ1n) is 6.26. The maximum absolute atomic E-state index is 2.71. The van der Waals surface area contributed by atoms with Crippen molar-refractivity contribution in [1.29, 1.82) is 0 Å². The van der Waals surface area contributed by atoms with E-state index in [0.717, 1.165) is 12.1 Å². The van der Waals surface area contributed by atoms with Gasteiger partial charge in [0.2, 0.25) is 0 Å². The van der Waals surface area contributed by atoms with Crippen LogP contribution >= 0.6 is 0 Å². The van der Waals surface area contributed by atoms with E-state index in [1.165, 1.54) is 37.8 Å². The zero-order chi connectivity index (χ0) is 10.3. The normalized spacial score (nSPS) is 28.7. The molecule has 15 heavy (non-hydrogen) atoms. The molecule has 0 aliphatic carbocycles. The maximum atomic E-state index is 2.71. The zero-order valence-electron chi connectivity index (χ0n) is 9.45. The summed E-state index contributed by atoms with van der Waals surface area (Å²) in [7, 11) is 0. The summed E-state index contributed by atoms with van der Waals surface area (Å²) in [5, 5.41) is 0. The number of benzene rings is 1. The van der Waals surface area contributed by atoms with E-state index in [2.05, 4.69) is 36.1 Å². The molecule has 1 fully saturated rings. The van der Waals surface area contributed by atoms with Crippen molar-refractivity contribution in [3.05, 3.63) is 29.8 Å². The molecular formula is C14H19N. The fourth-order valence-corrected chi connectivity index (χ4v) is 3.33. The van der Waals surface area contributed by atoms with Crippen molar-refractivity contribution in [1.82, 2.24) is 0 Å². The van der Waals surface area contributed by atoms with Crippen LogP contribution in [0.15, 0.2) is 24.3 Å². The maximum Gasteiger partial charge on any atom is 0.0403 e. The van der Waals surface area contributed by atoms with E-state index >= 15 is 0 Å². The summed E-state index contributed by atoms with van der Waals surface area (Å²) < 4.78 is 0. The highest BCUT2D eigenvalue weighted by Gasteiger charge is 2.35. The van der Waals surface area contributed by atoms with Crippen molar-refractivity contribution in [2.45, 2.75) is 51.1 Å². The highest BCUT2D eigenvalue weighted by atomic mass is 15.2. The molecule has 1 heteroatoms. The third kappa shape index (κ3) is 1.37. The van der Waals surface area contributed by atoms with Crippen molar-refractivity contribution >= 4 is 5.69 Å². The lowest BCUT2D eigenvalue weighted by Crippen LogP contribution is -2.39. The lowest BCUT2D eigenvalue weighted by Gasteiger charge is -2.37. The van der Waals surface area contributed by atoms with Crippen LogP contribution < -0.4 is 4.90 Å². The lowest BCUT2D eigenvalue weighted by atomic mass is 9.96. The Kier molecular flexibility index (Phi) is 2.19. The van der Waals surface area contributed by atoms with Gasteiger partial charge in [0, 0.05) is 17.8 Å². The van der Waals surface area contributed by atoms with E-state index in [4.69, 9.17) is 0 Å². The van der Waals surface area contributed by atoms with Gasteiger partial charge in [-0.05, 0) is 43.7 Å². The monoisotopic (exact) mass is 201 g/mol. The molecule has 80 valence electrons. The minimum Gasteiger partial charge on any atom is -0.365 e. The molecule has 1 saturated heterocycles. The van der Waals surface area contributed by atoms with Crippen LogP contribution in [0, 0.1) is 0 Å². The number of anilines is 1. The molecule has 0 spiro atoms. The average molecular weight is 201 g/mol. The average Bonchev–Trinajstić information content (AvgIpc) is 2.72. The summed E-state index contributed by atoms with van der Waals surface area (Å²) in [6.07, 6.45) is 6.76. The van der Waals surface area contributed by atoms with Crippen LogP contribution in [0.2, 0.25) is 0 Å². The smallest absolute Gasteiger partial charge is 0.0403 e. The summed E-state index contributed by atoms with van der Waals surface area (Å²) in [5.74, 6) is 0. The largest absolute Gasteiger partial charge is 0.365 e. The van der Waals surface area contributed by atoms with Gasteiger partial charge in [-0.1, -0.05) is 25.1 Å². The molecule has 2 atom stereocenters. The molecule has 0 N–H and O–H groups in total. The second-order valence-corrected chi connectivity index (χ2v) is 4.87. The summed E-state index contributed by atoms with van der Waals surface area (Å²) in [6, 6.07) is 10.6. The molecule has 2 aliphatic heterocycles. The summed E-state index contributed by atoms with van der Waals surface area (Å²) in [5.41, 5.74) is 3.09. The quantitative estimate of drug-likeness (QED) is 0.673. The van der Waals surface area contributed by atoms with Gasteiger partial charge in [0.05, 0.1) is 0 Å². The van der Waals surface area contributed by atoms with Gasteiger partial charge in [0.15, 0.2) is 0 Å². The van der Waals surface area contributed by atoms with Gasteiger partial charge >= 0.3 is 0 Å². The van der Waals surface area contributed by atoms with E-state index in [0.29, 0.717) is 0 Å². The Balaban J connectivity index is 2.02. The molecule has 0 saturated carbocycles. The van der Waals surface area contributed by atoms with E-state index < -0.39 is 0 Å². The molecule has 1 aromatic carbocycles. The first-order valence-corrected chi connectivity index (χ1v) is 6.26. The van der Waals surface area contributed by atoms with Crippen LogP contribution in [0.1, 0.15) is 38.2 Å². The molecule has 0 unspecified atom stereocenters. The van der Waals surface area contributed by atoms with Crippen molar-refractivity contribution in [3.63, 3.8) is 0 Å². The van der Waals surface area contributed by atoms with Gasteiger partial charge in [0.1, 0.15) is 0 Å². The molecule has 2 aliphatic rings. The van der Waals surface area contributed by atoms with Gasteiger partial charge < -0.3 is 4.90 Å². The lowest BCUT2D eigenvalue weighted by molar-refractivity contribution is 0.554. The molecular weight excluding hydrogens is 182 g/mol. The Morgan fingerprint density at radius 3 is 2.93 bits per heavy atom. The van der Waals surface area contributed by atoms with Crippen molar-refractivity contribution < 1.29 is 0 Å². The Labute approximate surface area is 92.1 Å². The minimum atomic E-state index is 0.802. The van der Waals surface area contributed by atoms with Crippen LogP contribution in [-0.2, 0) is 6.42 Å². The minimum absolute atomic E-state index is 0.802. The van der Waals surface area contributed by atoms with Crippen molar-refractivity contribution in [2.24, 2.45) is 0 Å². The fraction of sp³-hybridized carbons (Fsp3) is 0.571. The number of aryl methyl sites for hydroxylation is 1. The first kappa shape index (κ1) is 9.26. The van der Waals surface area contributed by atoms with Crippen LogP contribution in [0.4, 0.5) is 5.69 Å². The molecule has 0 radical (unpaired) electrons. The van der Waals surface area contributed by atoms with Gasteiger partial charge in [-0.2, -0.15) is 0 Å². The Hall–Kier alpha value is -0.980. The second kappa shape index (κ2) is 3.55. The topological polar surface area (TPSA) is 3.24 Å². The van der Waals surface area contributed by atoms with Crippen LogP contribution in [0.5, 0.6) is 0 Å². The number of para-hydroxylation sites is 1. The predicted molar refractivity (Wildman–Crippen MR) is 64.3 cm³/mol. The Morgan fingerprint density at radius 1 is 1.20 bits per heavy atom. The van der Waals surface area contributed by atoms with Crippen LogP contribution in [-0.4, -0.2) is 12.1 Å². The number of rotatable bonds is 1. The Morgan fingerprint density at radius 2 is 2.07 bits per heavy atom. The number of fused-ring (bicyclic) bond motifs is 3. The molecule has 2 heterocycles. The number of hydrogen-bond acceptors (Lipinski definition) is 1. The number of nitrogens with zero attached hydrogens (tertiary/aromatic N) is 1. The van der Waals surface area contributed by atoms with Gasteiger partial charge in [-0.15, -0.1) is 0 Å². The van der Waals surface area contributed by atoms with E-state index in [9.17, 15) is 0 Å². The highest BCUT2D eigenvalue weighted by molar-refractivity contribution is 5.58. The molecule has 1 nitrogen and oxygen atoms in total. The third-order valence-electron chi connectivity index (χ3n) is 4.11. The summed E-state index contributed by atoms with van der Waals surface area (Å²) in [4.78, 5) is 2.71. The first-order chi connectivity index (χ1) is 7.40. The fourth-order valence-electron chi connectivity index (χ4n) is 3.33. The number of hydrogen-bond donors (Lipinski definition) is 0. The summed E-state index contributed by atoms with van der Waals surface area (Å²) in [6.45, 7) is 2.32. The molecule has 3 rings (SSSR count). The SMILES string of the molecule is CC[C@@H]1CC[C@H]2CCc3ccccc3N21. The molecule has 0 aromatic heterocycles. The molecule has 0 bridgehead atoms. The molecule has 0 amide bonds.